The predicted molar refractivity (Wildman–Crippen MR) is 88.6 cm³/mol. The van der Waals surface area contributed by atoms with Gasteiger partial charge in [0.15, 0.2) is 0 Å². The zero-order valence-corrected chi connectivity index (χ0v) is 14.1. The van der Waals surface area contributed by atoms with Crippen LogP contribution in [0, 0.1) is 0 Å². The molecule has 0 radical (unpaired) electrons. The summed E-state index contributed by atoms with van der Waals surface area (Å²) in [7, 11) is 0. The van der Waals surface area contributed by atoms with Crippen molar-refractivity contribution in [3.05, 3.63) is 40.0 Å². The summed E-state index contributed by atoms with van der Waals surface area (Å²) < 4.78 is 15.7. The van der Waals surface area contributed by atoms with Crippen LogP contribution >= 0.6 is 11.3 Å². The first-order valence-electron chi connectivity index (χ1n) is 7.30. The minimum Gasteiger partial charge on any atom is -0.462 e. The molecule has 2 rings (SSSR count). The lowest BCUT2D eigenvalue weighted by Crippen LogP contribution is -2.12. The maximum Gasteiger partial charge on any atom is 0.375 e. The van der Waals surface area contributed by atoms with Crippen molar-refractivity contribution in [3.63, 3.8) is 0 Å². The second kappa shape index (κ2) is 7.78. The molecule has 0 saturated heterocycles. The topological polar surface area (TPSA) is 65.7 Å². The first kappa shape index (κ1) is 17.0. The molecule has 0 amide bonds. The minimum atomic E-state index is -0.678. The van der Waals surface area contributed by atoms with E-state index >= 15 is 0 Å². The van der Waals surface area contributed by atoms with Gasteiger partial charge in [0.25, 0.3) is 0 Å². The first-order chi connectivity index (χ1) is 11.1. The Balaban J connectivity index is 2.69. The van der Waals surface area contributed by atoms with Crippen molar-refractivity contribution in [2.45, 2.75) is 20.8 Å². The van der Waals surface area contributed by atoms with Gasteiger partial charge in [-0.2, -0.15) is 11.3 Å². The van der Waals surface area contributed by atoms with Crippen molar-refractivity contribution < 1.29 is 23.5 Å². The highest BCUT2D eigenvalue weighted by Crippen LogP contribution is 2.36. The molecule has 0 aliphatic heterocycles. The molecule has 0 aromatic carbocycles. The Hall–Kier alpha value is -2.34. The molecule has 2 heterocycles. The van der Waals surface area contributed by atoms with Crippen LogP contribution in [-0.4, -0.2) is 25.2 Å². The molecule has 2 aromatic heterocycles. The van der Waals surface area contributed by atoms with Crippen molar-refractivity contribution in [2.75, 3.05) is 13.2 Å². The van der Waals surface area contributed by atoms with Crippen LogP contribution in [0.1, 0.15) is 47.4 Å². The van der Waals surface area contributed by atoms with Crippen molar-refractivity contribution >= 4 is 29.4 Å². The molecule has 23 heavy (non-hydrogen) atoms. The maximum atomic E-state index is 12.4. The minimum absolute atomic E-state index is 0.108. The molecule has 6 heteroatoms. The largest absolute Gasteiger partial charge is 0.462 e. The number of furan rings is 1. The third kappa shape index (κ3) is 3.53. The van der Waals surface area contributed by atoms with Gasteiger partial charge in [-0.25, -0.2) is 9.59 Å². The molecule has 0 saturated carbocycles. The van der Waals surface area contributed by atoms with Crippen molar-refractivity contribution in [2.24, 2.45) is 0 Å². The normalized spacial score (nSPS) is 10.9. The zero-order chi connectivity index (χ0) is 16.8. The van der Waals surface area contributed by atoms with E-state index in [0.717, 1.165) is 5.56 Å². The van der Waals surface area contributed by atoms with E-state index < -0.39 is 11.9 Å². The monoisotopic (exact) mass is 334 g/mol. The second-order valence-corrected chi connectivity index (χ2v) is 5.28. The average Bonchev–Trinajstić information content (AvgIpc) is 3.15. The van der Waals surface area contributed by atoms with Gasteiger partial charge in [-0.15, -0.1) is 0 Å². The van der Waals surface area contributed by atoms with E-state index in [-0.39, 0.29) is 24.5 Å². The van der Waals surface area contributed by atoms with Gasteiger partial charge < -0.3 is 13.9 Å². The Labute approximate surface area is 138 Å². The molecule has 0 N–H and O–H groups in total. The first-order valence-corrected chi connectivity index (χ1v) is 8.24. The number of esters is 2. The molecule has 0 unspecified atom stereocenters. The molecule has 0 aliphatic carbocycles. The number of allylic oxidation sites excluding steroid dienone is 1. The smallest absolute Gasteiger partial charge is 0.375 e. The van der Waals surface area contributed by atoms with Crippen LogP contribution in [0.3, 0.4) is 0 Å². The average molecular weight is 334 g/mol. The quantitative estimate of drug-likeness (QED) is 0.733. The van der Waals surface area contributed by atoms with Crippen LogP contribution in [0.2, 0.25) is 0 Å². The van der Waals surface area contributed by atoms with E-state index in [0.29, 0.717) is 11.3 Å². The molecule has 5 nitrogen and oxygen atoms in total. The molecule has 2 aromatic rings. The van der Waals surface area contributed by atoms with Crippen LogP contribution in [0.25, 0.3) is 17.2 Å². The summed E-state index contributed by atoms with van der Waals surface area (Å²) in [6, 6.07) is 1.86. The highest BCUT2D eigenvalue weighted by molar-refractivity contribution is 7.08. The van der Waals surface area contributed by atoms with Gasteiger partial charge in [0.2, 0.25) is 5.76 Å². The summed E-state index contributed by atoms with van der Waals surface area (Å²) in [5.74, 6) is -0.976. The van der Waals surface area contributed by atoms with Gasteiger partial charge in [0.1, 0.15) is 11.3 Å². The van der Waals surface area contributed by atoms with Gasteiger partial charge in [-0.1, -0.05) is 6.08 Å². The third-order valence-corrected chi connectivity index (χ3v) is 3.69. The van der Waals surface area contributed by atoms with Crippen molar-refractivity contribution in [3.8, 4) is 11.1 Å². The van der Waals surface area contributed by atoms with Gasteiger partial charge in [0.05, 0.1) is 13.2 Å². The zero-order valence-electron chi connectivity index (χ0n) is 13.3. The molecule has 0 aliphatic rings. The molecular formula is C17H18O5S. The molecular weight excluding hydrogens is 316 g/mol. The van der Waals surface area contributed by atoms with Gasteiger partial charge >= 0.3 is 11.9 Å². The summed E-state index contributed by atoms with van der Waals surface area (Å²) >= 11 is 1.49. The highest BCUT2D eigenvalue weighted by atomic mass is 32.1. The van der Waals surface area contributed by atoms with E-state index in [2.05, 4.69) is 0 Å². The van der Waals surface area contributed by atoms with Crippen molar-refractivity contribution in [1.29, 1.82) is 0 Å². The van der Waals surface area contributed by atoms with Gasteiger partial charge in [-0.3, -0.25) is 0 Å². The Kier molecular flexibility index (Phi) is 5.76. The number of thiophene rings is 1. The molecule has 0 spiro atoms. The Morgan fingerprint density at radius 1 is 1.22 bits per heavy atom. The number of hydrogen-bond acceptors (Lipinski definition) is 6. The van der Waals surface area contributed by atoms with E-state index in [1.54, 1.807) is 26.0 Å². The number of hydrogen-bond donors (Lipinski definition) is 0. The number of carbonyl (C=O) groups excluding carboxylic acids is 2. The Morgan fingerprint density at radius 3 is 2.48 bits per heavy atom. The fraction of sp³-hybridized carbons (Fsp3) is 0.294. The van der Waals surface area contributed by atoms with E-state index in [1.807, 2.05) is 23.8 Å². The van der Waals surface area contributed by atoms with Gasteiger partial charge in [-0.05, 0) is 49.2 Å². The summed E-state index contributed by atoms with van der Waals surface area (Å²) in [4.78, 5) is 24.6. The fourth-order valence-corrected chi connectivity index (χ4v) is 2.80. The van der Waals surface area contributed by atoms with E-state index in [9.17, 15) is 9.59 Å². The molecule has 122 valence electrons. The maximum absolute atomic E-state index is 12.4. The van der Waals surface area contributed by atoms with E-state index in [4.69, 9.17) is 13.9 Å². The highest BCUT2D eigenvalue weighted by Gasteiger charge is 2.31. The van der Waals surface area contributed by atoms with Gasteiger partial charge in [0, 0.05) is 5.56 Å². The lowest BCUT2D eigenvalue weighted by atomic mass is 10.0. The van der Waals surface area contributed by atoms with Crippen LogP contribution in [-0.2, 0) is 9.47 Å². The summed E-state index contributed by atoms with van der Waals surface area (Å²) in [6.45, 7) is 5.62. The lowest BCUT2D eigenvalue weighted by molar-refractivity contribution is 0.0452. The predicted octanol–water partition coefficient (Wildman–Crippen LogP) is 4.39. The standard InChI is InChI=1S/C17H18O5S/c1-4-7-12-13(11-8-9-23-10-11)14(16(18)20-5-2)15(22-12)17(19)21-6-3/h4,7-10H,5-6H2,1-3H3/b7-4+. The molecule has 0 fully saturated rings. The SMILES string of the molecule is C/C=C/c1oc(C(=O)OCC)c(C(=O)OCC)c1-c1ccsc1. The Bertz CT molecular complexity index is 710. The van der Waals surface area contributed by atoms with Crippen LogP contribution < -0.4 is 0 Å². The molecule has 0 atom stereocenters. The summed E-state index contributed by atoms with van der Waals surface area (Å²) in [5, 5.41) is 3.77. The summed E-state index contributed by atoms with van der Waals surface area (Å²) in [6.07, 6.45) is 3.48. The van der Waals surface area contributed by atoms with E-state index in [1.165, 1.54) is 11.3 Å². The van der Waals surface area contributed by atoms with Crippen molar-refractivity contribution in [1.82, 2.24) is 0 Å². The fourth-order valence-electron chi connectivity index (χ4n) is 2.15. The van der Waals surface area contributed by atoms with Crippen LogP contribution in [0.15, 0.2) is 27.3 Å². The molecule has 0 bridgehead atoms. The number of rotatable bonds is 6. The number of ether oxygens (including phenoxy) is 2. The van der Waals surface area contributed by atoms with Crippen LogP contribution in [0.5, 0.6) is 0 Å². The number of carbonyl (C=O) groups is 2. The lowest BCUT2D eigenvalue weighted by Gasteiger charge is -2.05. The second-order valence-electron chi connectivity index (χ2n) is 4.50. The van der Waals surface area contributed by atoms with Crippen LogP contribution in [0.4, 0.5) is 0 Å². The third-order valence-electron chi connectivity index (χ3n) is 3.00. The Morgan fingerprint density at radius 2 is 1.91 bits per heavy atom. The summed E-state index contributed by atoms with van der Waals surface area (Å²) in [5.41, 5.74) is 1.45.